The Morgan fingerprint density at radius 3 is 2.42 bits per heavy atom. The molecule has 1 saturated carbocycles. The fraction of sp³-hybridized carbons (Fsp3) is 0.211. The van der Waals surface area contributed by atoms with Crippen LogP contribution in [-0.2, 0) is 9.59 Å². The van der Waals surface area contributed by atoms with Gasteiger partial charge in [-0.05, 0) is 36.8 Å². The molecule has 1 aliphatic rings. The van der Waals surface area contributed by atoms with E-state index in [1.165, 1.54) is 7.11 Å². The molecule has 0 heterocycles. The molecule has 26 heavy (non-hydrogen) atoms. The maximum absolute atomic E-state index is 12.4. The van der Waals surface area contributed by atoms with Crippen LogP contribution in [0.3, 0.4) is 0 Å². The smallest absolute Gasteiger partial charge is 0.228 e. The molecular formula is C19H16ClN3O3. The number of halogens is 1. The van der Waals surface area contributed by atoms with E-state index in [-0.39, 0.29) is 11.8 Å². The Kier molecular flexibility index (Phi) is 5.10. The minimum atomic E-state index is -0.424. The lowest BCUT2D eigenvalue weighted by molar-refractivity contribution is -0.122. The highest BCUT2D eigenvalue weighted by Crippen LogP contribution is 2.41. The molecule has 1 aliphatic carbocycles. The van der Waals surface area contributed by atoms with Crippen molar-refractivity contribution in [2.75, 3.05) is 17.7 Å². The van der Waals surface area contributed by atoms with Crippen molar-refractivity contribution >= 4 is 34.8 Å². The normalized spacial score (nSPS) is 17.7. The van der Waals surface area contributed by atoms with Crippen LogP contribution >= 0.6 is 11.6 Å². The van der Waals surface area contributed by atoms with Crippen molar-refractivity contribution in [3.05, 3.63) is 53.1 Å². The molecule has 0 aromatic heterocycles. The van der Waals surface area contributed by atoms with Crippen molar-refractivity contribution in [1.29, 1.82) is 5.26 Å². The Balaban J connectivity index is 1.63. The van der Waals surface area contributed by atoms with Crippen LogP contribution in [0.1, 0.15) is 12.0 Å². The Bertz CT molecular complexity index is 907. The number of nitrogens with one attached hydrogen (secondary N) is 2. The van der Waals surface area contributed by atoms with Crippen LogP contribution < -0.4 is 15.4 Å². The number of carbonyl (C=O) groups excluding carboxylic acids is 2. The minimum absolute atomic E-state index is 0.265. The first-order chi connectivity index (χ1) is 12.5. The quantitative estimate of drug-likeness (QED) is 0.844. The highest BCUT2D eigenvalue weighted by atomic mass is 35.5. The second-order valence-electron chi connectivity index (χ2n) is 5.93. The van der Waals surface area contributed by atoms with E-state index in [9.17, 15) is 9.59 Å². The van der Waals surface area contributed by atoms with Crippen LogP contribution in [0.5, 0.6) is 5.75 Å². The Labute approximate surface area is 155 Å². The number of amides is 2. The standard InChI is InChI=1S/C19H16ClN3O3/c1-26-17-7-6-12(20)8-16(17)23-19(25)14-9-13(14)18(24)22-15-5-3-2-4-11(15)10-21/h2-8,13-14H,9H2,1H3,(H,22,24)(H,23,25). The van der Waals surface area contributed by atoms with Gasteiger partial charge in [-0.1, -0.05) is 23.7 Å². The summed E-state index contributed by atoms with van der Waals surface area (Å²) in [6.07, 6.45) is 0.454. The van der Waals surface area contributed by atoms with Gasteiger partial charge in [0, 0.05) is 5.02 Å². The first-order valence-electron chi connectivity index (χ1n) is 7.98. The van der Waals surface area contributed by atoms with Gasteiger partial charge in [-0.2, -0.15) is 5.26 Å². The molecule has 0 aliphatic heterocycles. The molecule has 0 saturated heterocycles. The molecule has 2 N–H and O–H groups in total. The van der Waals surface area contributed by atoms with Crippen LogP contribution in [-0.4, -0.2) is 18.9 Å². The van der Waals surface area contributed by atoms with E-state index in [1.807, 2.05) is 6.07 Å². The zero-order valence-corrected chi connectivity index (χ0v) is 14.7. The van der Waals surface area contributed by atoms with E-state index in [0.29, 0.717) is 34.1 Å². The molecular weight excluding hydrogens is 354 g/mol. The number of ether oxygens (including phenoxy) is 1. The highest BCUT2D eigenvalue weighted by molar-refractivity contribution is 6.31. The summed E-state index contributed by atoms with van der Waals surface area (Å²) in [5, 5.41) is 15.0. The maximum Gasteiger partial charge on any atom is 0.228 e. The number of nitrogens with zero attached hydrogens (tertiary/aromatic N) is 1. The van der Waals surface area contributed by atoms with E-state index in [2.05, 4.69) is 10.6 Å². The largest absolute Gasteiger partial charge is 0.495 e. The topological polar surface area (TPSA) is 91.2 Å². The Morgan fingerprint density at radius 1 is 1.12 bits per heavy atom. The molecule has 7 heteroatoms. The fourth-order valence-corrected chi connectivity index (χ4v) is 2.86. The maximum atomic E-state index is 12.4. The molecule has 3 rings (SSSR count). The van der Waals surface area contributed by atoms with Gasteiger partial charge in [0.15, 0.2) is 0 Å². The van der Waals surface area contributed by atoms with E-state index >= 15 is 0 Å². The summed E-state index contributed by atoms with van der Waals surface area (Å²) in [4.78, 5) is 24.7. The summed E-state index contributed by atoms with van der Waals surface area (Å²) in [5.41, 5.74) is 1.29. The fourth-order valence-electron chi connectivity index (χ4n) is 2.69. The molecule has 132 valence electrons. The predicted octanol–water partition coefficient (Wildman–Crippen LogP) is 3.43. The highest BCUT2D eigenvalue weighted by Gasteiger charge is 2.48. The van der Waals surface area contributed by atoms with Crippen molar-refractivity contribution < 1.29 is 14.3 Å². The summed E-state index contributed by atoms with van der Waals surface area (Å²) >= 11 is 5.95. The Morgan fingerprint density at radius 2 is 1.77 bits per heavy atom. The SMILES string of the molecule is COc1ccc(Cl)cc1NC(=O)C1CC1C(=O)Nc1ccccc1C#N. The second kappa shape index (κ2) is 7.46. The van der Waals surface area contributed by atoms with Crippen molar-refractivity contribution in [3.63, 3.8) is 0 Å². The van der Waals surface area contributed by atoms with E-state index in [1.54, 1.807) is 42.5 Å². The average molecular weight is 370 g/mol. The van der Waals surface area contributed by atoms with Crippen molar-refractivity contribution in [2.45, 2.75) is 6.42 Å². The summed E-state index contributed by atoms with van der Waals surface area (Å²) in [6.45, 7) is 0. The van der Waals surface area contributed by atoms with Crippen LogP contribution in [0, 0.1) is 23.2 Å². The van der Waals surface area contributed by atoms with Gasteiger partial charge in [0.25, 0.3) is 0 Å². The van der Waals surface area contributed by atoms with E-state index in [4.69, 9.17) is 21.6 Å². The third kappa shape index (κ3) is 3.79. The number of hydrogen-bond acceptors (Lipinski definition) is 4. The number of para-hydroxylation sites is 1. The Hall–Kier alpha value is -3.04. The van der Waals surface area contributed by atoms with Gasteiger partial charge in [0.1, 0.15) is 11.8 Å². The van der Waals surface area contributed by atoms with E-state index in [0.717, 1.165) is 0 Å². The zero-order chi connectivity index (χ0) is 18.7. The van der Waals surface area contributed by atoms with Crippen LogP contribution in [0.4, 0.5) is 11.4 Å². The molecule has 2 aromatic carbocycles. The lowest BCUT2D eigenvalue weighted by Crippen LogP contribution is -2.21. The molecule has 2 amide bonds. The van der Waals surface area contributed by atoms with Crippen molar-refractivity contribution in [2.24, 2.45) is 11.8 Å². The van der Waals surface area contributed by atoms with Gasteiger partial charge in [-0.15, -0.1) is 0 Å². The van der Waals surface area contributed by atoms with Gasteiger partial charge in [0.05, 0.1) is 35.9 Å². The molecule has 6 nitrogen and oxygen atoms in total. The third-order valence-corrected chi connectivity index (χ3v) is 4.42. The lowest BCUT2D eigenvalue weighted by Gasteiger charge is -2.10. The van der Waals surface area contributed by atoms with Gasteiger partial charge in [-0.25, -0.2) is 0 Å². The molecule has 2 unspecified atom stereocenters. The van der Waals surface area contributed by atoms with Crippen molar-refractivity contribution in [1.82, 2.24) is 0 Å². The van der Waals surface area contributed by atoms with Crippen LogP contribution in [0.15, 0.2) is 42.5 Å². The number of hydrogen-bond donors (Lipinski definition) is 2. The number of carbonyl (C=O) groups is 2. The number of anilines is 2. The van der Waals surface area contributed by atoms with Gasteiger partial charge in [0.2, 0.25) is 11.8 Å². The average Bonchev–Trinajstić information content (AvgIpc) is 3.43. The lowest BCUT2D eigenvalue weighted by atomic mass is 10.2. The monoisotopic (exact) mass is 369 g/mol. The van der Waals surface area contributed by atoms with Gasteiger partial charge < -0.3 is 15.4 Å². The first kappa shape index (κ1) is 17.8. The minimum Gasteiger partial charge on any atom is -0.495 e. The van der Waals surface area contributed by atoms with Gasteiger partial charge >= 0.3 is 0 Å². The van der Waals surface area contributed by atoms with E-state index < -0.39 is 11.8 Å². The molecule has 0 bridgehead atoms. The molecule has 1 fully saturated rings. The summed E-state index contributed by atoms with van der Waals surface area (Å²) in [5.74, 6) is -0.891. The summed E-state index contributed by atoms with van der Waals surface area (Å²) in [6, 6.07) is 13.7. The number of rotatable bonds is 5. The van der Waals surface area contributed by atoms with Gasteiger partial charge in [-0.3, -0.25) is 9.59 Å². The number of nitriles is 1. The molecule has 2 aromatic rings. The molecule has 0 spiro atoms. The molecule has 0 radical (unpaired) electrons. The third-order valence-electron chi connectivity index (χ3n) is 4.19. The number of benzene rings is 2. The summed E-state index contributed by atoms with van der Waals surface area (Å²) in [7, 11) is 1.50. The molecule has 2 atom stereocenters. The van der Waals surface area contributed by atoms with Crippen LogP contribution in [0.2, 0.25) is 5.02 Å². The predicted molar refractivity (Wildman–Crippen MR) is 98.0 cm³/mol. The summed E-state index contributed by atoms with van der Waals surface area (Å²) < 4.78 is 5.20. The van der Waals surface area contributed by atoms with Crippen LogP contribution in [0.25, 0.3) is 0 Å². The number of methoxy groups -OCH3 is 1. The van der Waals surface area contributed by atoms with Crippen molar-refractivity contribution in [3.8, 4) is 11.8 Å². The zero-order valence-electron chi connectivity index (χ0n) is 14.0. The second-order valence-corrected chi connectivity index (χ2v) is 6.37. The first-order valence-corrected chi connectivity index (χ1v) is 8.35.